The summed E-state index contributed by atoms with van der Waals surface area (Å²) in [5.41, 5.74) is 2.80. The van der Waals surface area contributed by atoms with Gasteiger partial charge in [-0.25, -0.2) is 9.13 Å². The number of hydrogen-bond acceptors (Lipinski definition) is 0. The second kappa shape index (κ2) is 4.98. The van der Waals surface area contributed by atoms with Crippen LogP contribution in [0.1, 0.15) is 31.1 Å². The van der Waals surface area contributed by atoms with Crippen LogP contribution in [0.2, 0.25) is 0 Å². The van der Waals surface area contributed by atoms with Gasteiger partial charge in [0.05, 0.1) is 13.1 Å². The van der Waals surface area contributed by atoms with Gasteiger partial charge in [-0.05, 0) is 13.8 Å². The van der Waals surface area contributed by atoms with Crippen LogP contribution in [0.5, 0.6) is 0 Å². The summed E-state index contributed by atoms with van der Waals surface area (Å²) in [5, 5.41) is 0. The summed E-state index contributed by atoms with van der Waals surface area (Å²) >= 11 is 0. The van der Waals surface area contributed by atoms with E-state index in [-0.39, 0.29) is 24.0 Å². The maximum atomic E-state index is 2.36. The van der Waals surface area contributed by atoms with E-state index >= 15 is 0 Å². The SMILES string of the molecule is CCn1c(C)c(C)[n+](CC)c1C.[I-]. The quantitative estimate of drug-likeness (QED) is 0.476. The van der Waals surface area contributed by atoms with E-state index in [0.717, 1.165) is 13.1 Å². The molecule has 0 atom stereocenters. The number of hydrogen-bond donors (Lipinski definition) is 0. The third kappa shape index (κ3) is 2.06. The highest BCUT2D eigenvalue weighted by molar-refractivity contribution is 5.06. The molecule has 0 N–H and O–H groups in total. The van der Waals surface area contributed by atoms with Crippen molar-refractivity contribution < 1.29 is 28.5 Å². The van der Waals surface area contributed by atoms with Crippen LogP contribution in [0.25, 0.3) is 0 Å². The smallest absolute Gasteiger partial charge is 0.253 e. The predicted molar refractivity (Wildman–Crippen MR) is 50.2 cm³/mol. The predicted octanol–water partition coefficient (Wildman–Crippen LogP) is -1.26. The van der Waals surface area contributed by atoms with E-state index in [9.17, 15) is 0 Å². The molecule has 1 rings (SSSR count). The van der Waals surface area contributed by atoms with Crippen molar-refractivity contribution >= 4 is 0 Å². The fraction of sp³-hybridized carbons (Fsp3) is 0.700. The lowest BCUT2D eigenvalue weighted by Crippen LogP contribution is -3.00. The van der Waals surface area contributed by atoms with Crippen LogP contribution < -0.4 is 28.5 Å². The van der Waals surface area contributed by atoms with Crippen LogP contribution in [-0.4, -0.2) is 4.57 Å². The first-order chi connectivity index (χ1) is 5.63. The summed E-state index contributed by atoms with van der Waals surface area (Å²) in [6.45, 7) is 13.1. The molecule has 0 bridgehead atoms. The van der Waals surface area contributed by atoms with Gasteiger partial charge in [0.1, 0.15) is 11.4 Å². The molecule has 1 aromatic heterocycles. The van der Waals surface area contributed by atoms with Gasteiger partial charge in [-0.2, -0.15) is 0 Å². The molecule has 76 valence electrons. The van der Waals surface area contributed by atoms with Gasteiger partial charge in [0.2, 0.25) is 0 Å². The van der Waals surface area contributed by atoms with Gasteiger partial charge in [-0.3, -0.25) is 0 Å². The number of rotatable bonds is 2. The van der Waals surface area contributed by atoms with Crippen LogP contribution >= 0.6 is 0 Å². The maximum Gasteiger partial charge on any atom is 0.253 e. The highest BCUT2D eigenvalue weighted by Crippen LogP contribution is 2.06. The molecule has 0 saturated heterocycles. The van der Waals surface area contributed by atoms with Gasteiger partial charge < -0.3 is 24.0 Å². The van der Waals surface area contributed by atoms with Crippen LogP contribution in [0, 0.1) is 20.8 Å². The molecule has 0 aliphatic rings. The average molecular weight is 294 g/mol. The molecule has 0 amide bonds. The molecule has 0 saturated carbocycles. The number of halogens is 1. The lowest BCUT2D eigenvalue weighted by Gasteiger charge is -1.95. The van der Waals surface area contributed by atoms with Crippen molar-refractivity contribution in [1.82, 2.24) is 4.57 Å². The van der Waals surface area contributed by atoms with Crippen molar-refractivity contribution in [1.29, 1.82) is 0 Å². The second-order valence-corrected chi connectivity index (χ2v) is 3.21. The van der Waals surface area contributed by atoms with Gasteiger partial charge >= 0.3 is 0 Å². The van der Waals surface area contributed by atoms with Gasteiger partial charge in [-0.1, -0.05) is 0 Å². The van der Waals surface area contributed by atoms with Crippen LogP contribution in [0.4, 0.5) is 0 Å². The zero-order chi connectivity index (χ0) is 9.30. The molecule has 0 radical (unpaired) electrons. The molecule has 1 aromatic rings. The molecule has 3 heteroatoms. The van der Waals surface area contributed by atoms with Gasteiger partial charge in [0.25, 0.3) is 5.82 Å². The van der Waals surface area contributed by atoms with Gasteiger partial charge in [-0.15, -0.1) is 0 Å². The first-order valence-electron chi connectivity index (χ1n) is 4.69. The molecule has 0 aliphatic carbocycles. The third-order valence-corrected chi connectivity index (χ3v) is 2.75. The summed E-state index contributed by atoms with van der Waals surface area (Å²) in [6.07, 6.45) is 0. The van der Waals surface area contributed by atoms with Gasteiger partial charge in [0.15, 0.2) is 0 Å². The number of aromatic nitrogens is 2. The van der Waals surface area contributed by atoms with Crippen molar-refractivity contribution in [2.24, 2.45) is 0 Å². The minimum absolute atomic E-state index is 0. The maximum absolute atomic E-state index is 2.36. The fourth-order valence-corrected chi connectivity index (χ4v) is 1.95. The van der Waals surface area contributed by atoms with Crippen molar-refractivity contribution in [2.45, 2.75) is 47.7 Å². The van der Waals surface area contributed by atoms with Crippen molar-refractivity contribution in [3.05, 3.63) is 17.2 Å². The molecular formula is C10H19IN2. The summed E-state index contributed by atoms with van der Waals surface area (Å²) in [4.78, 5) is 0. The standard InChI is InChI=1S/C10H19N2.HI/c1-6-11-8(3)9(4)12(7-2)10(11)5;/h6-7H2,1-5H3;1H/q+1;/p-1. The summed E-state index contributed by atoms with van der Waals surface area (Å²) < 4.78 is 4.72. The fourth-order valence-electron chi connectivity index (χ4n) is 1.95. The minimum atomic E-state index is 0. The topological polar surface area (TPSA) is 8.81 Å². The Morgan fingerprint density at radius 3 is 1.92 bits per heavy atom. The van der Waals surface area contributed by atoms with E-state index in [1.165, 1.54) is 17.2 Å². The normalized spacial score (nSPS) is 9.92. The Labute approximate surface area is 98.0 Å². The number of imidazole rings is 1. The molecule has 0 unspecified atom stereocenters. The molecule has 0 spiro atoms. The first-order valence-corrected chi connectivity index (χ1v) is 4.69. The highest BCUT2D eigenvalue weighted by atomic mass is 127. The Morgan fingerprint density at radius 1 is 1.15 bits per heavy atom. The molecule has 1 heterocycles. The van der Waals surface area contributed by atoms with E-state index in [1.807, 2.05) is 0 Å². The van der Waals surface area contributed by atoms with E-state index in [1.54, 1.807) is 0 Å². The minimum Gasteiger partial charge on any atom is -1.00 e. The third-order valence-electron chi connectivity index (χ3n) is 2.75. The monoisotopic (exact) mass is 294 g/mol. The number of nitrogens with zero attached hydrogens (tertiary/aromatic N) is 2. The zero-order valence-electron chi connectivity index (χ0n) is 9.19. The summed E-state index contributed by atoms with van der Waals surface area (Å²) in [7, 11) is 0. The van der Waals surface area contributed by atoms with Gasteiger partial charge in [0, 0.05) is 20.8 Å². The largest absolute Gasteiger partial charge is 1.00 e. The Hall–Kier alpha value is -0.0600. The van der Waals surface area contributed by atoms with E-state index in [2.05, 4.69) is 43.8 Å². The Bertz CT molecular complexity index is 262. The van der Waals surface area contributed by atoms with E-state index < -0.39 is 0 Å². The van der Waals surface area contributed by atoms with Crippen LogP contribution in [0.15, 0.2) is 0 Å². The highest BCUT2D eigenvalue weighted by Gasteiger charge is 2.18. The van der Waals surface area contributed by atoms with Crippen LogP contribution in [0.3, 0.4) is 0 Å². The molecule has 0 aromatic carbocycles. The van der Waals surface area contributed by atoms with Crippen LogP contribution in [-0.2, 0) is 13.1 Å². The molecule has 0 aliphatic heterocycles. The molecular weight excluding hydrogens is 275 g/mol. The van der Waals surface area contributed by atoms with E-state index in [4.69, 9.17) is 0 Å². The zero-order valence-corrected chi connectivity index (χ0v) is 11.3. The van der Waals surface area contributed by atoms with Crippen molar-refractivity contribution in [3.8, 4) is 0 Å². The van der Waals surface area contributed by atoms with E-state index in [0.29, 0.717) is 0 Å². The lowest BCUT2D eigenvalue weighted by molar-refractivity contribution is -0.704. The first kappa shape index (κ1) is 12.9. The van der Waals surface area contributed by atoms with Crippen molar-refractivity contribution in [2.75, 3.05) is 0 Å². The molecule has 13 heavy (non-hydrogen) atoms. The Morgan fingerprint density at radius 2 is 1.69 bits per heavy atom. The summed E-state index contributed by atoms with van der Waals surface area (Å²) in [6, 6.07) is 0. The average Bonchev–Trinajstić information content (AvgIpc) is 2.25. The Balaban J connectivity index is 0.00000144. The lowest BCUT2D eigenvalue weighted by atomic mass is 10.3. The summed E-state index contributed by atoms with van der Waals surface area (Å²) in [5.74, 6) is 1.37. The molecule has 0 fully saturated rings. The Kier molecular flexibility index (Phi) is 4.96. The molecule has 2 nitrogen and oxygen atoms in total. The second-order valence-electron chi connectivity index (χ2n) is 3.21. The van der Waals surface area contributed by atoms with Crippen molar-refractivity contribution in [3.63, 3.8) is 0 Å².